The molecule has 2 unspecified atom stereocenters. The molecule has 2 atom stereocenters. The minimum absolute atomic E-state index is 0.0283. The first-order valence-electron chi connectivity index (χ1n) is 6.74. The zero-order valence-electron chi connectivity index (χ0n) is 11.2. The summed E-state index contributed by atoms with van der Waals surface area (Å²) in [6, 6.07) is 9.88. The number of aliphatic hydroxyl groups is 1. The van der Waals surface area contributed by atoms with Gasteiger partial charge in [-0.1, -0.05) is 25.1 Å². The van der Waals surface area contributed by atoms with Gasteiger partial charge in [0.25, 0.3) is 0 Å². The maximum atomic E-state index is 9.32. The predicted molar refractivity (Wildman–Crippen MR) is 72.7 cm³/mol. The van der Waals surface area contributed by atoms with Gasteiger partial charge >= 0.3 is 0 Å². The highest BCUT2D eigenvalue weighted by Crippen LogP contribution is 2.33. The van der Waals surface area contributed by atoms with Crippen molar-refractivity contribution in [3.8, 4) is 11.8 Å². The Hall–Kier alpha value is -1.57. The summed E-state index contributed by atoms with van der Waals surface area (Å²) in [6.45, 7) is 2.77. The Bertz CT molecular complexity index is 469. The van der Waals surface area contributed by atoms with Crippen LogP contribution in [0.4, 0.5) is 0 Å². The molecule has 0 spiro atoms. The largest absolute Gasteiger partial charge is 0.490 e. The number of para-hydroxylation sites is 1. The van der Waals surface area contributed by atoms with E-state index < -0.39 is 5.54 Å². The van der Waals surface area contributed by atoms with E-state index in [0.29, 0.717) is 6.42 Å². The van der Waals surface area contributed by atoms with Gasteiger partial charge in [-0.3, -0.25) is 5.32 Å². The number of nitrogens with zero attached hydrogens (tertiary/aromatic N) is 1. The summed E-state index contributed by atoms with van der Waals surface area (Å²) < 4.78 is 5.95. The van der Waals surface area contributed by atoms with Gasteiger partial charge in [-0.15, -0.1) is 0 Å². The van der Waals surface area contributed by atoms with E-state index in [2.05, 4.69) is 11.4 Å². The first-order chi connectivity index (χ1) is 9.23. The summed E-state index contributed by atoms with van der Waals surface area (Å²) in [5.74, 6) is 0.722. The minimum atomic E-state index is -0.451. The maximum absolute atomic E-state index is 9.32. The van der Waals surface area contributed by atoms with Crippen molar-refractivity contribution >= 4 is 0 Å². The Balaban J connectivity index is 2.04. The molecule has 1 aromatic rings. The molecule has 0 aromatic heterocycles. The summed E-state index contributed by atoms with van der Waals surface area (Å²) in [4.78, 5) is 0. The van der Waals surface area contributed by atoms with Crippen molar-refractivity contribution in [1.29, 1.82) is 5.26 Å². The number of hydrogen-bond donors (Lipinski definition) is 2. The number of nitrogens with one attached hydrogen (secondary N) is 1. The molecule has 1 aromatic carbocycles. The number of nitriles is 1. The molecule has 102 valence electrons. The lowest BCUT2D eigenvalue weighted by Gasteiger charge is -2.22. The molecule has 0 amide bonds. The SMILES string of the molecule is CCNC1(C#N)CCC(Oc2ccccc2CO)C1. The van der Waals surface area contributed by atoms with Crippen LogP contribution in [0.5, 0.6) is 5.75 Å². The molecular weight excluding hydrogens is 240 g/mol. The molecule has 1 aliphatic carbocycles. The van der Waals surface area contributed by atoms with Gasteiger partial charge in [-0.05, 0) is 25.5 Å². The third-order valence-corrected chi connectivity index (χ3v) is 3.63. The highest BCUT2D eigenvalue weighted by atomic mass is 16.5. The molecule has 0 heterocycles. The maximum Gasteiger partial charge on any atom is 0.125 e. The summed E-state index contributed by atoms with van der Waals surface area (Å²) in [7, 11) is 0. The first-order valence-corrected chi connectivity index (χ1v) is 6.74. The van der Waals surface area contributed by atoms with Crippen LogP contribution < -0.4 is 10.1 Å². The third kappa shape index (κ3) is 3.06. The molecule has 1 fully saturated rings. The third-order valence-electron chi connectivity index (χ3n) is 3.63. The second kappa shape index (κ2) is 6.05. The standard InChI is InChI=1S/C15H20N2O2/c1-2-17-15(11-16)8-7-13(9-15)19-14-6-4-3-5-12(14)10-18/h3-6,13,17-18H,2,7-10H2,1H3. The molecule has 0 saturated heterocycles. The lowest BCUT2D eigenvalue weighted by Crippen LogP contribution is -2.42. The summed E-state index contributed by atoms with van der Waals surface area (Å²) in [6.07, 6.45) is 2.40. The molecule has 1 aliphatic rings. The number of rotatable bonds is 5. The highest BCUT2D eigenvalue weighted by molar-refractivity contribution is 5.33. The van der Waals surface area contributed by atoms with Crippen LogP contribution in [-0.2, 0) is 6.61 Å². The van der Waals surface area contributed by atoms with E-state index in [1.165, 1.54) is 0 Å². The van der Waals surface area contributed by atoms with Crippen molar-refractivity contribution in [3.05, 3.63) is 29.8 Å². The van der Waals surface area contributed by atoms with E-state index in [1.807, 2.05) is 31.2 Å². The van der Waals surface area contributed by atoms with E-state index in [0.717, 1.165) is 30.7 Å². The number of benzene rings is 1. The van der Waals surface area contributed by atoms with Crippen LogP contribution in [0.1, 0.15) is 31.7 Å². The first kappa shape index (κ1) is 13.9. The molecule has 4 heteroatoms. The van der Waals surface area contributed by atoms with Crippen molar-refractivity contribution < 1.29 is 9.84 Å². The molecule has 0 radical (unpaired) electrons. The van der Waals surface area contributed by atoms with Gasteiger partial charge in [-0.2, -0.15) is 5.26 Å². The summed E-state index contributed by atoms with van der Waals surface area (Å²) >= 11 is 0. The quantitative estimate of drug-likeness (QED) is 0.849. The fraction of sp³-hybridized carbons (Fsp3) is 0.533. The van der Waals surface area contributed by atoms with Crippen LogP contribution in [0, 0.1) is 11.3 Å². The number of hydrogen-bond acceptors (Lipinski definition) is 4. The summed E-state index contributed by atoms with van der Waals surface area (Å²) in [5.41, 5.74) is 0.341. The van der Waals surface area contributed by atoms with Crippen LogP contribution in [0.15, 0.2) is 24.3 Å². The monoisotopic (exact) mass is 260 g/mol. The molecule has 0 bridgehead atoms. The fourth-order valence-electron chi connectivity index (χ4n) is 2.67. The van der Waals surface area contributed by atoms with Crippen LogP contribution >= 0.6 is 0 Å². The van der Waals surface area contributed by atoms with E-state index in [9.17, 15) is 10.4 Å². The Morgan fingerprint density at radius 3 is 3.00 bits per heavy atom. The Labute approximate surface area is 114 Å². The van der Waals surface area contributed by atoms with Gasteiger partial charge in [0.1, 0.15) is 17.4 Å². The van der Waals surface area contributed by atoms with Crippen LogP contribution in [0.25, 0.3) is 0 Å². The lowest BCUT2D eigenvalue weighted by atomic mass is 10.00. The second-order valence-electron chi connectivity index (χ2n) is 4.97. The van der Waals surface area contributed by atoms with Gasteiger partial charge in [0.15, 0.2) is 0 Å². The normalized spacial score (nSPS) is 26.1. The van der Waals surface area contributed by atoms with Gasteiger partial charge in [0, 0.05) is 12.0 Å². The second-order valence-corrected chi connectivity index (χ2v) is 4.97. The molecule has 2 N–H and O–H groups in total. The summed E-state index contributed by atoms with van der Waals surface area (Å²) in [5, 5.41) is 21.9. The molecular formula is C15H20N2O2. The zero-order chi connectivity index (χ0) is 13.7. The number of aliphatic hydroxyl groups excluding tert-OH is 1. The lowest BCUT2D eigenvalue weighted by molar-refractivity contribution is 0.192. The smallest absolute Gasteiger partial charge is 0.125 e. The van der Waals surface area contributed by atoms with Crippen LogP contribution in [0.2, 0.25) is 0 Å². The molecule has 1 saturated carbocycles. The average Bonchev–Trinajstić information content (AvgIpc) is 2.84. The average molecular weight is 260 g/mol. The van der Waals surface area contributed by atoms with Gasteiger partial charge in [-0.25, -0.2) is 0 Å². The van der Waals surface area contributed by atoms with Crippen molar-refractivity contribution in [2.75, 3.05) is 6.54 Å². The topological polar surface area (TPSA) is 65.3 Å². The van der Waals surface area contributed by atoms with E-state index in [4.69, 9.17) is 4.74 Å². The Kier molecular flexibility index (Phi) is 4.41. The minimum Gasteiger partial charge on any atom is -0.490 e. The Morgan fingerprint density at radius 2 is 2.32 bits per heavy atom. The fourth-order valence-corrected chi connectivity index (χ4v) is 2.67. The van der Waals surface area contributed by atoms with E-state index in [1.54, 1.807) is 0 Å². The van der Waals surface area contributed by atoms with E-state index >= 15 is 0 Å². The van der Waals surface area contributed by atoms with Crippen molar-refractivity contribution in [2.45, 2.75) is 44.4 Å². The van der Waals surface area contributed by atoms with Gasteiger partial charge in [0.2, 0.25) is 0 Å². The highest BCUT2D eigenvalue weighted by Gasteiger charge is 2.40. The van der Waals surface area contributed by atoms with Crippen molar-refractivity contribution in [2.24, 2.45) is 0 Å². The van der Waals surface area contributed by atoms with Gasteiger partial charge in [0.05, 0.1) is 12.7 Å². The molecule has 4 nitrogen and oxygen atoms in total. The molecule has 2 rings (SSSR count). The predicted octanol–water partition coefficient (Wildman–Crippen LogP) is 1.98. The van der Waals surface area contributed by atoms with Crippen molar-refractivity contribution in [3.63, 3.8) is 0 Å². The number of ether oxygens (including phenoxy) is 1. The molecule has 0 aliphatic heterocycles. The van der Waals surface area contributed by atoms with Crippen LogP contribution in [0.3, 0.4) is 0 Å². The van der Waals surface area contributed by atoms with Crippen LogP contribution in [-0.4, -0.2) is 23.3 Å². The van der Waals surface area contributed by atoms with E-state index in [-0.39, 0.29) is 12.7 Å². The van der Waals surface area contributed by atoms with Crippen molar-refractivity contribution in [1.82, 2.24) is 5.32 Å². The van der Waals surface area contributed by atoms with Gasteiger partial charge < -0.3 is 9.84 Å². The molecule has 19 heavy (non-hydrogen) atoms. The zero-order valence-corrected chi connectivity index (χ0v) is 11.2. The Morgan fingerprint density at radius 1 is 1.53 bits per heavy atom.